The zero-order valence-electron chi connectivity index (χ0n) is 50.4. The number of rotatable bonds is 59. The van der Waals surface area contributed by atoms with Crippen LogP contribution in [0.4, 0.5) is 0 Å². The molecular weight excluding hydrogens is 1080 g/mol. The number of carbonyl (C=O) groups excluding carboxylic acids is 7. The predicted octanol–water partition coefficient (Wildman–Crippen LogP) is 4.16. The molecule has 0 saturated carbocycles. The van der Waals surface area contributed by atoms with Gasteiger partial charge in [-0.15, -0.1) is 0 Å². The van der Waals surface area contributed by atoms with Crippen molar-refractivity contribution in [1.29, 1.82) is 0 Å². The van der Waals surface area contributed by atoms with Gasteiger partial charge in [-0.3, -0.25) is 43.3 Å². The van der Waals surface area contributed by atoms with Crippen LogP contribution in [0.25, 0.3) is 0 Å². The maximum Gasteiger partial charge on any atom is 0.326 e. The van der Waals surface area contributed by atoms with Crippen molar-refractivity contribution in [2.75, 3.05) is 85.6 Å². The lowest BCUT2D eigenvalue weighted by Gasteiger charge is -2.19. The maximum atomic E-state index is 13.3. The molecule has 0 radical (unpaired) electrons. The van der Waals surface area contributed by atoms with Crippen molar-refractivity contribution >= 4 is 59.2 Å². The van der Waals surface area contributed by atoms with E-state index in [-0.39, 0.29) is 75.4 Å². The minimum Gasteiger partial charge on any atom is -0.481 e. The van der Waals surface area contributed by atoms with Crippen LogP contribution in [0.3, 0.4) is 0 Å². The second-order valence-corrected chi connectivity index (χ2v) is 20.8. The number of guanidine groups is 1. The van der Waals surface area contributed by atoms with Crippen molar-refractivity contribution in [3.05, 3.63) is 0 Å². The number of hydrogen-bond acceptors (Lipinski definition) is 14. The summed E-state index contributed by atoms with van der Waals surface area (Å²) in [7, 11) is 0. The first-order valence-electron chi connectivity index (χ1n) is 30.9. The third-order valence-corrected chi connectivity index (χ3v) is 13.2. The summed E-state index contributed by atoms with van der Waals surface area (Å²) in [6.45, 7) is 6.44. The van der Waals surface area contributed by atoms with Crippen LogP contribution in [0.15, 0.2) is 4.99 Å². The molecular formula is C58H108N10O15. The number of hydrogen-bond donors (Lipinski definition) is 11. The molecule has 83 heavy (non-hydrogen) atoms. The first kappa shape index (κ1) is 77.3. The zero-order chi connectivity index (χ0) is 61.4. The second kappa shape index (κ2) is 55.5. The summed E-state index contributed by atoms with van der Waals surface area (Å²) in [6, 6.07) is -3.48. The Kier molecular flexibility index (Phi) is 51.7. The van der Waals surface area contributed by atoms with Gasteiger partial charge < -0.3 is 77.8 Å². The van der Waals surface area contributed by atoms with E-state index in [2.05, 4.69) is 50.7 Å². The van der Waals surface area contributed by atoms with Crippen LogP contribution < -0.4 is 48.7 Å². The number of carbonyl (C=O) groups is 9. The van der Waals surface area contributed by atoms with Crippen LogP contribution in [0.2, 0.25) is 0 Å². The van der Waals surface area contributed by atoms with E-state index in [4.69, 9.17) is 40.6 Å². The highest BCUT2D eigenvalue weighted by Crippen LogP contribution is 2.13. The summed E-state index contributed by atoms with van der Waals surface area (Å²) < 4.78 is 21.8. The Bertz CT molecular complexity index is 1790. The van der Waals surface area contributed by atoms with Crippen molar-refractivity contribution in [2.24, 2.45) is 16.5 Å². The number of ether oxygens (including phenoxy) is 4. The Balaban J connectivity index is 4.36. The number of nitrogens with zero attached hydrogens (tertiary/aromatic N) is 1. The van der Waals surface area contributed by atoms with Gasteiger partial charge in [0, 0.05) is 45.4 Å². The van der Waals surface area contributed by atoms with Gasteiger partial charge in [0.2, 0.25) is 41.4 Å². The van der Waals surface area contributed by atoms with Crippen LogP contribution in [-0.2, 0) is 62.1 Å². The van der Waals surface area contributed by atoms with Crippen LogP contribution in [-0.4, -0.2) is 173 Å². The molecule has 0 aromatic heterocycles. The fourth-order valence-corrected chi connectivity index (χ4v) is 8.53. The fourth-order valence-electron chi connectivity index (χ4n) is 8.53. The van der Waals surface area contributed by atoms with E-state index in [1.165, 1.54) is 83.5 Å². The number of aliphatic imine (C=N–C) groups is 1. The molecule has 0 rings (SSSR count). The molecule has 7 amide bonds. The molecule has 0 aliphatic carbocycles. The average Bonchev–Trinajstić information content (AvgIpc) is 3.45. The standard InChI is InChI=1S/C58H108N10O15/c1-3-5-7-9-11-13-15-17-20-29-49(69)61-32-25-23-27-46(66-51(71)31-21-18-16-14-12-10-8-6-4-2)55(76)63-33-24-19-22-30-50(70)62-35-36-80-37-38-81-39-40-82-41-42-83-45-53(73)67-47(28-26-34-64-58(59)60)56(77)65-44-52(72)68-48(57(78)79)43-54(74)75/h46-48H,3-45H2,1-2H3,(H,61,69)(H,62,70)(H,63,76)(H,65,77)(H,66,71)(H,67,73)(H,68,72)(H,74,75)(H,78,79)(H4,59,60,64)/t46-,47-,48-/m0/s1. The number of nitrogens with two attached hydrogens (primary N) is 2. The molecule has 25 heteroatoms. The second-order valence-electron chi connectivity index (χ2n) is 20.8. The summed E-state index contributed by atoms with van der Waals surface area (Å²) in [5.74, 6) is -5.87. The maximum absolute atomic E-state index is 13.3. The van der Waals surface area contributed by atoms with Crippen LogP contribution in [0.1, 0.15) is 206 Å². The lowest BCUT2D eigenvalue weighted by molar-refractivity contribution is -0.147. The highest BCUT2D eigenvalue weighted by molar-refractivity contribution is 5.92. The topological polar surface area (TPSA) is 380 Å². The average molecular weight is 1190 g/mol. The summed E-state index contributed by atoms with van der Waals surface area (Å²) in [4.78, 5) is 115. The van der Waals surface area contributed by atoms with E-state index >= 15 is 0 Å². The predicted molar refractivity (Wildman–Crippen MR) is 317 cm³/mol. The third kappa shape index (κ3) is 51.7. The van der Waals surface area contributed by atoms with E-state index < -0.39 is 67.4 Å². The molecule has 25 nitrogen and oxygen atoms in total. The lowest BCUT2D eigenvalue weighted by atomic mass is 10.1. The molecule has 0 spiro atoms. The number of aliphatic carboxylic acids is 2. The molecule has 0 heterocycles. The first-order chi connectivity index (χ1) is 40.1. The van der Waals surface area contributed by atoms with Crippen LogP contribution in [0, 0.1) is 0 Å². The largest absolute Gasteiger partial charge is 0.481 e. The molecule has 0 saturated heterocycles. The van der Waals surface area contributed by atoms with Gasteiger partial charge in [0.15, 0.2) is 5.96 Å². The van der Waals surface area contributed by atoms with Gasteiger partial charge >= 0.3 is 11.9 Å². The molecule has 480 valence electrons. The van der Waals surface area contributed by atoms with Crippen LogP contribution >= 0.6 is 0 Å². The first-order valence-corrected chi connectivity index (χ1v) is 30.9. The minimum atomic E-state index is -1.70. The van der Waals surface area contributed by atoms with E-state index in [1.54, 1.807) is 0 Å². The number of unbranched alkanes of at least 4 members (excludes halogenated alkanes) is 19. The molecule has 3 atom stereocenters. The van der Waals surface area contributed by atoms with Gasteiger partial charge in [-0.1, -0.05) is 123 Å². The third-order valence-electron chi connectivity index (χ3n) is 13.2. The van der Waals surface area contributed by atoms with E-state index in [0.717, 1.165) is 44.9 Å². The lowest BCUT2D eigenvalue weighted by Crippen LogP contribution is -2.51. The van der Waals surface area contributed by atoms with Gasteiger partial charge in [-0.25, -0.2) is 4.79 Å². The number of carboxylic acids is 2. The minimum absolute atomic E-state index is 0.0514. The Morgan fingerprint density at radius 3 is 1.34 bits per heavy atom. The Hall–Kier alpha value is -5.66. The van der Waals surface area contributed by atoms with Gasteiger partial charge in [0.25, 0.3) is 0 Å². The van der Waals surface area contributed by atoms with E-state index in [9.17, 15) is 43.2 Å². The molecule has 0 aromatic rings. The summed E-state index contributed by atoms with van der Waals surface area (Å²) >= 11 is 0. The molecule has 0 aromatic carbocycles. The monoisotopic (exact) mass is 1180 g/mol. The van der Waals surface area contributed by atoms with Crippen LogP contribution in [0.5, 0.6) is 0 Å². The Labute approximate surface area is 493 Å². The van der Waals surface area contributed by atoms with Crippen molar-refractivity contribution in [3.8, 4) is 0 Å². The fraction of sp³-hybridized carbons (Fsp3) is 0.828. The smallest absolute Gasteiger partial charge is 0.326 e. The molecule has 13 N–H and O–H groups in total. The summed E-state index contributed by atoms with van der Waals surface area (Å²) in [5.41, 5.74) is 10.7. The van der Waals surface area contributed by atoms with Crippen molar-refractivity contribution in [2.45, 2.75) is 225 Å². The van der Waals surface area contributed by atoms with Gasteiger partial charge in [-0.2, -0.15) is 0 Å². The van der Waals surface area contributed by atoms with Gasteiger partial charge in [0.1, 0.15) is 24.7 Å². The van der Waals surface area contributed by atoms with Crippen molar-refractivity contribution in [3.63, 3.8) is 0 Å². The normalized spacial score (nSPS) is 12.1. The molecule has 0 unspecified atom stereocenters. The SMILES string of the molecule is CCCCCCCCCCCC(=O)NCCCC[C@H](NC(=O)CCCCCCCCCCC)C(=O)NCCCCCC(=O)NCCOCCOCCOCCOCC(=O)N[C@@H](CCCN=C(N)N)C(=O)NCC(=O)N[C@@H](CC(=O)O)C(=O)O. The number of amides is 7. The Morgan fingerprint density at radius 1 is 0.410 bits per heavy atom. The molecule has 0 fully saturated rings. The molecule has 0 aliphatic heterocycles. The summed E-state index contributed by atoms with van der Waals surface area (Å²) in [5, 5.41) is 36.6. The van der Waals surface area contributed by atoms with E-state index in [0.29, 0.717) is 84.4 Å². The highest BCUT2D eigenvalue weighted by Gasteiger charge is 2.25. The van der Waals surface area contributed by atoms with Gasteiger partial charge in [0.05, 0.1) is 59.2 Å². The van der Waals surface area contributed by atoms with Gasteiger partial charge in [-0.05, 0) is 57.8 Å². The highest BCUT2D eigenvalue weighted by atomic mass is 16.6. The zero-order valence-corrected chi connectivity index (χ0v) is 50.4. The Morgan fingerprint density at radius 2 is 0.819 bits per heavy atom. The molecule has 0 bridgehead atoms. The van der Waals surface area contributed by atoms with E-state index in [1.807, 2.05) is 5.32 Å². The quantitative estimate of drug-likeness (QED) is 0.0231. The summed E-state index contributed by atoms with van der Waals surface area (Å²) in [6.07, 6.45) is 26.0. The number of nitrogens with one attached hydrogen (secondary N) is 7. The number of carboxylic acid groups (broad SMARTS) is 2. The van der Waals surface area contributed by atoms with Crippen molar-refractivity contribution in [1.82, 2.24) is 37.2 Å². The van der Waals surface area contributed by atoms with Crippen molar-refractivity contribution < 1.29 is 72.3 Å². The molecule has 0 aliphatic rings.